The Balaban J connectivity index is 2.15. The van der Waals surface area contributed by atoms with Crippen LogP contribution in [0.15, 0.2) is 18.2 Å². The number of carbonyl (C=O) groups excluding carboxylic acids is 1. The van der Waals surface area contributed by atoms with Gasteiger partial charge in [0.1, 0.15) is 5.82 Å². The average Bonchev–Trinajstić information content (AvgIpc) is 2.42. The van der Waals surface area contributed by atoms with Gasteiger partial charge in [-0.25, -0.2) is 4.39 Å². The lowest BCUT2D eigenvalue weighted by Crippen LogP contribution is -2.47. The number of amides is 1. The molecule has 0 spiro atoms. The Morgan fingerprint density at radius 3 is 2.89 bits per heavy atom. The van der Waals surface area contributed by atoms with Gasteiger partial charge in [0.05, 0.1) is 11.1 Å². The molecule has 0 bridgehead atoms. The maximum absolute atomic E-state index is 13.8. The van der Waals surface area contributed by atoms with Gasteiger partial charge in [-0.2, -0.15) is 0 Å². The number of rotatable bonds is 3. The van der Waals surface area contributed by atoms with Crippen molar-refractivity contribution in [1.82, 2.24) is 5.32 Å². The molecule has 19 heavy (non-hydrogen) atoms. The summed E-state index contributed by atoms with van der Waals surface area (Å²) in [6.07, 6.45) is 2.60. The van der Waals surface area contributed by atoms with Crippen LogP contribution in [0.5, 0.6) is 0 Å². The van der Waals surface area contributed by atoms with Gasteiger partial charge < -0.3 is 10.6 Å². The fraction of sp³-hybridized carbons (Fsp3) is 0.533. The van der Waals surface area contributed by atoms with Gasteiger partial charge in [-0.05, 0) is 50.4 Å². The van der Waals surface area contributed by atoms with E-state index in [2.05, 4.69) is 10.6 Å². The summed E-state index contributed by atoms with van der Waals surface area (Å²) >= 11 is 0. The molecular weight excluding hydrogens is 243 g/mol. The van der Waals surface area contributed by atoms with Crippen molar-refractivity contribution in [3.8, 4) is 0 Å². The van der Waals surface area contributed by atoms with Crippen LogP contribution in [0.3, 0.4) is 0 Å². The Morgan fingerprint density at radius 2 is 2.32 bits per heavy atom. The van der Waals surface area contributed by atoms with Crippen LogP contribution in [0.4, 0.5) is 10.1 Å². The lowest BCUT2D eigenvalue weighted by molar-refractivity contribution is -0.126. The molecule has 104 valence electrons. The summed E-state index contributed by atoms with van der Waals surface area (Å²) in [5.74, 6) is -0.451. The zero-order valence-electron chi connectivity index (χ0n) is 11.6. The van der Waals surface area contributed by atoms with Gasteiger partial charge in [0.15, 0.2) is 0 Å². The van der Waals surface area contributed by atoms with Crippen molar-refractivity contribution in [2.75, 3.05) is 18.4 Å². The normalized spacial score (nSPS) is 23.1. The van der Waals surface area contributed by atoms with Crippen molar-refractivity contribution in [3.63, 3.8) is 0 Å². The summed E-state index contributed by atoms with van der Waals surface area (Å²) in [5, 5.41) is 6.01. The van der Waals surface area contributed by atoms with Crippen molar-refractivity contribution in [2.24, 2.45) is 5.41 Å². The van der Waals surface area contributed by atoms with Gasteiger partial charge >= 0.3 is 0 Å². The fourth-order valence-corrected chi connectivity index (χ4v) is 2.60. The molecule has 4 heteroatoms. The smallest absolute Gasteiger partial charge is 0.231 e. The quantitative estimate of drug-likeness (QED) is 0.881. The Bertz CT molecular complexity index is 467. The van der Waals surface area contributed by atoms with E-state index in [0.717, 1.165) is 31.4 Å². The molecule has 1 atom stereocenters. The minimum Gasteiger partial charge on any atom is -0.323 e. The number of hydrogen-bond donors (Lipinski definition) is 2. The molecule has 1 amide bonds. The predicted octanol–water partition coefficient (Wildman–Crippen LogP) is 2.85. The highest BCUT2D eigenvalue weighted by atomic mass is 19.1. The molecular formula is C15H21FN2O. The average molecular weight is 264 g/mol. The third kappa shape index (κ3) is 2.95. The molecule has 1 aliphatic rings. The molecule has 0 radical (unpaired) electrons. The number of benzene rings is 1. The molecule has 3 nitrogen and oxygen atoms in total. The lowest BCUT2D eigenvalue weighted by Gasteiger charge is -2.35. The first-order chi connectivity index (χ1) is 9.07. The maximum Gasteiger partial charge on any atom is 0.231 e. The molecule has 1 aliphatic heterocycles. The van der Waals surface area contributed by atoms with Gasteiger partial charge in [0.2, 0.25) is 5.91 Å². The van der Waals surface area contributed by atoms with E-state index in [1.807, 2.05) is 13.8 Å². The van der Waals surface area contributed by atoms with Crippen LogP contribution in [0.25, 0.3) is 0 Å². The van der Waals surface area contributed by atoms with E-state index in [-0.39, 0.29) is 17.4 Å². The van der Waals surface area contributed by atoms with E-state index in [1.54, 1.807) is 12.1 Å². The van der Waals surface area contributed by atoms with Crippen molar-refractivity contribution >= 4 is 11.6 Å². The summed E-state index contributed by atoms with van der Waals surface area (Å²) in [6.45, 7) is 5.46. The summed E-state index contributed by atoms with van der Waals surface area (Å²) in [4.78, 5) is 12.4. The second-order valence-corrected chi connectivity index (χ2v) is 5.35. The van der Waals surface area contributed by atoms with Gasteiger partial charge in [-0.15, -0.1) is 0 Å². The highest BCUT2D eigenvalue weighted by molar-refractivity contribution is 5.95. The van der Waals surface area contributed by atoms with Gasteiger partial charge in [-0.1, -0.05) is 13.0 Å². The minimum absolute atomic E-state index is 0.0787. The summed E-state index contributed by atoms with van der Waals surface area (Å²) in [5.41, 5.74) is 0.712. The first-order valence-electron chi connectivity index (χ1n) is 6.86. The molecule has 1 aromatic carbocycles. The molecule has 2 N–H and O–H groups in total. The largest absolute Gasteiger partial charge is 0.323 e. The van der Waals surface area contributed by atoms with Crippen LogP contribution in [0.2, 0.25) is 0 Å². The SMILES string of the molecule is CCC1(C(=O)Nc2ccc(C)cc2F)CCCNC1. The molecule has 1 aromatic rings. The zero-order chi connectivity index (χ0) is 13.9. The number of hydrogen-bond acceptors (Lipinski definition) is 2. The third-order valence-electron chi connectivity index (χ3n) is 4.00. The molecule has 1 saturated heterocycles. The Kier molecular flexibility index (Phi) is 4.20. The van der Waals surface area contributed by atoms with E-state index < -0.39 is 5.41 Å². The molecule has 0 aliphatic carbocycles. The summed E-state index contributed by atoms with van der Waals surface area (Å²) in [7, 11) is 0. The molecule has 0 saturated carbocycles. The predicted molar refractivity (Wildman–Crippen MR) is 74.6 cm³/mol. The van der Waals surface area contributed by atoms with Crippen LogP contribution < -0.4 is 10.6 Å². The molecule has 0 aromatic heterocycles. The summed E-state index contributed by atoms with van der Waals surface area (Å²) in [6, 6.07) is 4.87. The highest BCUT2D eigenvalue weighted by Crippen LogP contribution is 2.32. The number of piperidine rings is 1. The van der Waals surface area contributed by atoms with E-state index in [1.165, 1.54) is 6.07 Å². The van der Waals surface area contributed by atoms with Crippen LogP contribution in [0.1, 0.15) is 31.7 Å². The Hall–Kier alpha value is -1.42. The number of aryl methyl sites for hydroxylation is 1. The van der Waals surface area contributed by atoms with Crippen molar-refractivity contribution in [2.45, 2.75) is 33.1 Å². The standard InChI is InChI=1S/C15H21FN2O/c1-3-15(7-4-8-17-10-15)14(19)18-13-6-5-11(2)9-12(13)16/h5-6,9,17H,3-4,7-8,10H2,1-2H3,(H,18,19). The summed E-state index contributed by atoms with van der Waals surface area (Å²) < 4.78 is 13.8. The number of nitrogens with one attached hydrogen (secondary N) is 2. The molecule has 1 fully saturated rings. The number of carbonyl (C=O) groups is 1. The van der Waals surface area contributed by atoms with E-state index in [9.17, 15) is 9.18 Å². The second-order valence-electron chi connectivity index (χ2n) is 5.35. The molecule has 1 unspecified atom stereocenters. The van der Waals surface area contributed by atoms with E-state index in [0.29, 0.717) is 6.54 Å². The van der Waals surface area contributed by atoms with Crippen LogP contribution in [0, 0.1) is 18.2 Å². The van der Waals surface area contributed by atoms with Gasteiger partial charge in [0, 0.05) is 6.54 Å². The molecule has 2 rings (SSSR count). The number of halogens is 1. The fourth-order valence-electron chi connectivity index (χ4n) is 2.60. The van der Waals surface area contributed by atoms with Crippen molar-refractivity contribution in [1.29, 1.82) is 0 Å². The van der Waals surface area contributed by atoms with Crippen LogP contribution >= 0.6 is 0 Å². The topological polar surface area (TPSA) is 41.1 Å². The van der Waals surface area contributed by atoms with E-state index >= 15 is 0 Å². The lowest BCUT2D eigenvalue weighted by atomic mass is 9.77. The Morgan fingerprint density at radius 1 is 1.53 bits per heavy atom. The number of anilines is 1. The van der Waals surface area contributed by atoms with Gasteiger partial charge in [-0.3, -0.25) is 4.79 Å². The minimum atomic E-state index is -0.407. The maximum atomic E-state index is 13.8. The van der Waals surface area contributed by atoms with Crippen molar-refractivity contribution in [3.05, 3.63) is 29.6 Å². The highest BCUT2D eigenvalue weighted by Gasteiger charge is 2.38. The second kappa shape index (κ2) is 5.70. The zero-order valence-corrected chi connectivity index (χ0v) is 11.6. The monoisotopic (exact) mass is 264 g/mol. The van der Waals surface area contributed by atoms with Gasteiger partial charge in [0.25, 0.3) is 0 Å². The molecule has 1 heterocycles. The van der Waals surface area contributed by atoms with E-state index in [4.69, 9.17) is 0 Å². The van der Waals surface area contributed by atoms with Crippen molar-refractivity contribution < 1.29 is 9.18 Å². The first-order valence-corrected chi connectivity index (χ1v) is 6.86. The Labute approximate surface area is 113 Å². The third-order valence-corrected chi connectivity index (χ3v) is 4.00. The first kappa shape index (κ1) is 14.0. The van der Waals surface area contributed by atoms with Crippen LogP contribution in [-0.2, 0) is 4.79 Å². The van der Waals surface area contributed by atoms with Crippen LogP contribution in [-0.4, -0.2) is 19.0 Å².